The Kier molecular flexibility index (Phi) is 6.39. The molecule has 0 bridgehead atoms. The monoisotopic (exact) mass is 345 g/mol. The molecule has 2 aromatic carbocycles. The summed E-state index contributed by atoms with van der Waals surface area (Å²) in [6.07, 6.45) is 0. The number of methoxy groups -OCH3 is 1. The molecule has 0 saturated heterocycles. The molecule has 0 aliphatic heterocycles. The van der Waals surface area contributed by atoms with Crippen LogP contribution in [0.4, 0.5) is 5.69 Å². The topological polar surface area (TPSA) is 71.6 Å². The Morgan fingerprint density at radius 1 is 1.08 bits per heavy atom. The minimum absolute atomic E-state index is 0.166. The Labute approximate surface area is 146 Å². The molecule has 0 aliphatic carbocycles. The van der Waals surface area contributed by atoms with Gasteiger partial charge in [0, 0.05) is 5.69 Å². The molecule has 126 valence electrons. The Balaban J connectivity index is 1.76. The van der Waals surface area contributed by atoms with Crippen LogP contribution >= 0.6 is 12.2 Å². The second-order valence-electron chi connectivity index (χ2n) is 4.94. The van der Waals surface area contributed by atoms with E-state index in [0.29, 0.717) is 11.5 Å². The van der Waals surface area contributed by atoms with Gasteiger partial charge < -0.3 is 14.8 Å². The SMILES string of the molecule is COc1cc(C)ccc1OCC(=O)NNC(=S)Nc1ccccc1. The number of carbonyl (C=O) groups excluding carboxylic acids is 1. The van der Waals surface area contributed by atoms with Crippen molar-refractivity contribution in [3.8, 4) is 11.5 Å². The number of para-hydroxylation sites is 1. The summed E-state index contributed by atoms with van der Waals surface area (Å²) in [6, 6.07) is 14.9. The molecule has 0 heterocycles. The molecular weight excluding hydrogens is 326 g/mol. The van der Waals surface area contributed by atoms with Crippen LogP contribution in [0, 0.1) is 6.92 Å². The quantitative estimate of drug-likeness (QED) is 0.571. The lowest BCUT2D eigenvalue weighted by atomic mass is 10.2. The highest BCUT2D eigenvalue weighted by Gasteiger charge is 2.08. The summed E-state index contributed by atoms with van der Waals surface area (Å²) in [5, 5.41) is 3.22. The van der Waals surface area contributed by atoms with Crippen LogP contribution in [0.3, 0.4) is 0 Å². The molecule has 0 aliphatic rings. The van der Waals surface area contributed by atoms with Crippen LogP contribution in [-0.4, -0.2) is 24.7 Å². The van der Waals surface area contributed by atoms with E-state index in [4.69, 9.17) is 21.7 Å². The van der Waals surface area contributed by atoms with Gasteiger partial charge in [0.15, 0.2) is 23.2 Å². The molecule has 1 amide bonds. The van der Waals surface area contributed by atoms with Gasteiger partial charge in [0.2, 0.25) is 0 Å². The predicted molar refractivity (Wildman–Crippen MR) is 97.2 cm³/mol. The van der Waals surface area contributed by atoms with E-state index in [2.05, 4.69) is 16.2 Å². The fourth-order valence-electron chi connectivity index (χ4n) is 1.88. The van der Waals surface area contributed by atoms with Gasteiger partial charge in [-0.1, -0.05) is 24.3 Å². The lowest BCUT2D eigenvalue weighted by Crippen LogP contribution is -2.45. The molecule has 0 atom stereocenters. The van der Waals surface area contributed by atoms with Crippen molar-refractivity contribution >= 4 is 28.9 Å². The Bertz CT molecular complexity index is 707. The van der Waals surface area contributed by atoms with Gasteiger partial charge in [-0.2, -0.15) is 0 Å². The lowest BCUT2D eigenvalue weighted by molar-refractivity contribution is -0.123. The average Bonchev–Trinajstić information content (AvgIpc) is 2.59. The maximum Gasteiger partial charge on any atom is 0.276 e. The zero-order chi connectivity index (χ0) is 17.4. The molecule has 0 spiro atoms. The molecule has 2 aromatic rings. The number of carbonyl (C=O) groups is 1. The molecule has 0 aromatic heterocycles. The van der Waals surface area contributed by atoms with Crippen LogP contribution in [0.15, 0.2) is 48.5 Å². The van der Waals surface area contributed by atoms with Crippen LogP contribution in [0.2, 0.25) is 0 Å². The summed E-state index contributed by atoms with van der Waals surface area (Å²) in [6.45, 7) is 1.78. The van der Waals surface area contributed by atoms with Crippen molar-refractivity contribution in [2.45, 2.75) is 6.92 Å². The van der Waals surface area contributed by atoms with E-state index < -0.39 is 0 Å². The number of anilines is 1. The molecule has 0 unspecified atom stereocenters. The first-order valence-electron chi connectivity index (χ1n) is 7.27. The first-order chi connectivity index (χ1) is 11.6. The molecule has 3 N–H and O–H groups in total. The van der Waals surface area contributed by atoms with Gasteiger partial charge in [0.05, 0.1) is 7.11 Å². The largest absolute Gasteiger partial charge is 0.493 e. The van der Waals surface area contributed by atoms with Crippen LogP contribution in [0.1, 0.15) is 5.56 Å². The predicted octanol–water partition coefficient (Wildman–Crippen LogP) is 2.40. The zero-order valence-corrected chi connectivity index (χ0v) is 14.3. The number of benzene rings is 2. The highest BCUT2D eigenvalue weighted by molar-refractivity contribution is 7.80. The van der Waals surface area contributed by atoms with Crippen molar-refractivity contribution in [1.82, 2.24) is 10.9 Å². The molecule has 2 rings (SSSR count). The molecule has 0 radical (unpaired) electrons. The van der Waals surface area contributed by atoms with Gasteiger partial charge in [-0.05, 0) is 49.0 Å². The third kappa shape index (κ3) is 5.44. The minimum atomic E-state index is -0.366. The third-order valence-electron chi connectivity index (χ3n) is 3.03. The van der Waals surface area contributed by atoms with Crippen molar-refractivity contribution in [2.75, 3.05) is 19.0 Å². The number of aryl methyl sites for hydroxylation is 1. The van der Waals surface area contributed by atoms with Crippen molar-refractivity contribution in [1.29, 1.82) is 0 Å². The van der Waals surface area contributed by atoms with Crippen LogP contribution in [0.5, 0.6) is 11.5 Å². The maximum atomic E-state index is 11.8. The second-order valence-corrected chi connectivity index (χ2v) is 5.34. The van der Waals surface area contributed by atoms with Crippen LogP contribution < -0.4 is 25.6 Å². The molecule has 6 nitrogen and oxygen atoms in total. The fourth-order valence-corrected chi connectivity index (χ4v) is 2.05. The summed E-state index contributed by atoms with van der Waals surface area (Å²) in [5.41, 5.74) is 6.95. The first kappa shape index (κ1) is 17.6. The lowest BCUT2D eigenvalue weighted by Gasteiger charge is -2.13. The number of rotatable bonds is 5. The van der Waals surface area contributed by atoms with Crippen molar-refractivity contribution in [2.24, 2.45) is 0 Å². The Morgan fingerprint density at radius 3 is 2.54 bits per heavy atom. The number of ether oxygens (including phenoxy) is 2. The average molecular weight is 345 g/mol. The summed E-state index contributed by atoms with van der Waals surface area (Å²) in [5.74, 6) is 0.718. The molecule has 24 heavy (non-hydrogen) atoms. The van der Waals surface area contributed by atoms with Crippen LogP contribution in [-0.2, 0) is 4.79 Å². The van der Waals surface area contributed by atoms with E-state index in [1.165, 1.54) is 0 Å². The van der Waals surface area contributed by atoms with E-state index in [9.17, 15) is 4.79 Å². The van der Waals surface area contributed by atoms with Gasteiger partial charge in [-0.25, -0.2) is 0 Å². The highest BCUT2D eigenvalue weighted by Crippen LogP contribution is 2.27. The van der Waals surface area contributed by atoms with Crippen molar-refractivity contribution in [3.63, 3.8) is 0 Å². The molecule has 0 saturated carbocycles. The Hall–Kier alpha value is -2.80. The number of amides is 1. The second kappa shape index (κ2) is 8.73. The van der Waals surface area contributed by atoms with Gasteiger partial charge in [-0.15, -0.1) is 0 Å². The summed E-state index contributed by atoms with van der Waals surface area (Å²) >= 11 is 5.09. The summed E-state index contributed by atoms with van der Waals surface area (Å²) < 4.78 is 10.7. The van der Waals surface area contributed by atoms with E-state index in [1.54, 1.807) is 13.2 Å². The first-order valence-corrected chi connectivity index (χ1v) is 7.67. The number of thiocarbonyl (C=S) groups is 1. The summed E-state index contributed by atoms with van der Waals surface area (Å²) in [4.78, 5) is 11.8. The minimum Gasteiger partial charge on any atom is -0.493 e. The van der Waals surface area contributed by atoms with E-state index in [0.717, 1.165) is 11.3 Å². The van der Waals surface area contributed by atoms with Gasteiger partial charge in [0.25, 0.3) is 5.91 Å². The van der Waals surface area contributed by atoms with Crippen molar-refractivity contribution in [3.05, 3.63) is 54.1 Å². The van der Waals surface area contributed by atoms with Gasteiger partial charge in [0.1, 0.15) is 0 Å². The zero-order valence-electron chi connectivity index (χ0n) is 13.5. The van der Waals surface area contributed by atoms with Crippen molar-refractivity contribution < 1.29 is 14.3 Å². The molecule has 0 fully saturated rings. The number of hydrazine groups is 1. The smallest absolute Gasteiger partial charge is 0.276 e. The fraction of sp³-hybridized carbons (Fsp3) is 0.176. The van der Waals surface area contributed by atoms with Gasteiger partial charge >= 0.3 is 0 Å². The number of hydrogen-bond donors (Lipinski definition) is 3. The normalized spacial score (nSPS) is 9.75. The molecular formula is C17H19N3O3S. The van der Waals surface area contributed by atoms with E-state index in [1.807, 2.05) is 49.4 Å². The number of nitrogens with one attached hydrogen (secondary N) is 3. The van der Waals surface area contributed by atoms with E-state index >= 15 is 0 Å². The number of hydrogen-bond acceptors (Lipinski definition) is 4. The van der Waals surface area contributed by atoms with Gasteiger partial charge in [-0.3, -0.25) is 15.6 Å². The maximum absolute atomic E-state index is 11.8. The summed E-state index contributed by atoms with van der Waals surface area (Å²) in [7, 11) is 1.55. The van der Waals surface area contributed by atoms with Crippen LogP contribution in [0.25, 0.3) is 0 Å². The molecule has 7 heteroatoms. The standard InChI is InChI=1S/C17H19N3O3S/c1-12-8-9-14(15(10-12)22-2)23-11-16(21)19-20-17(24)18-13-6-4-3-5-7-13/h3-10H,11H2,1-2H3,(H,19,21)(H2,18,20,24). The van der Waals surface area contributed by atoms with E-state index in [-0.39, 0.29) is 17.6 Å². The third-order valence-corrected chi connectivity index (χ3v) is 3.23. The highest BCUT2D eigenvalue weighted by atomic mass is 32.1. The Morgan fingerprint density at radius 2 is 1.83 bits per heavy atom.